The van der Waals surface area contributed by atoms with Crippen molar-refractivity contribution in [2.45, 2.75) is 13.3 Å². The van der Waals surface area contributed by atoms with Gasteiger partial charge in [-0.3, -0.25) is 4.79 Å². The Balaban J connectivity index is 1.67. The maximum Gasteiger partial charge on any atom is 0.319 e. The van der Waals surface area contributed by atoms with Gasteiger partial charge in [0.05, 0.1) is 0 Å². The zero-order valence-corrected chi connectivity index (χ0v) is 11.6. The van der Waals surface area contributed by atoms with Crippen LogP contribution >= 0.6 is 0 Å². The van der Waals surface area contributed by atoms with Crippen molar-refractivity contribution in [2.75, 3.05) is 17.2 Å². The number of para-hydroxylation sites is 1. The van der Waals surface area contributed by atoms with Crippen LogP contribution in [-0.4, -0.2) is 23.6 Å². The minimum atomic E-state index is -0.355. The monoisotopic (exact) mass is 288 g/mol. The van der Waals surface area contributed by atoms with E-state index in [9.17, 15) is 9.59 Å². The molecule has 110 valence electrons. The number of carbonyl (C=O) groups is 2. The van der Waals surface area contributed by atoms with Gasteiger partial charge in [0.1, 0.15) is 5.76 Å². The summed E-state index contributed by atoms with van der Waals surface area (Å²) in [5.74, 6) is 0.736. The van der Waals surface area contributed by atoms with Crippen LogP contribution in [0.4, 0.5) is 16.3 Å². The minimum absolute atomic E-state index is 0.147. The second kappa shape index (κ2) is 7.09. The Hall–Kier alpha value is -2.83. The third-order valence-electron chi connectivity index (χ3n) is 2.56. The van der Waals surface area contributed by atoms with Crippen LogP contribution in [0, 0.1) is 6.92 Å². The van der Waals surface area contributed by atoms with Crippen molar-refractivity contribution in [1.29, 1.82) is 0 Å². The number of anilines is 2. The van der Waals surface area contributed by atoms with E-state index in [1.54, 1.807) is 25.1 Å². The van der Waals surface area contributed by atoms with Crippen molar-refractivity contribution in [3.63, 3.8) is 0 Å². The van der Waals surface area contributed by atoms with Gasteiger partial charge < -0.3 is 20.5 Å². The second-order valence-electron chi connectivity index (χ2n) is 4.37. The Morgan fingerprint density at radius 2 is 1.95 bits per heavy atom. The first-order valence-electron chi connectivity index (χ1n) is 6.46. The summed E-state index contributed by atoms with van der Waals surface area (Å²) in [7, 11) is 0. The molecule has 1 heterocycles. The van der Waals surface area contributed by atoms with E-state index in [-0.39, 0.29) is 24.9 Å². The maximum atomic E-state index is 11.6. The van der Waals surface area contributed by atoms with Gasteiger partial charge in [0.25, 0.3) is 0 Å². The molecule has 1 aromatic heterocycles. The SMILES string of the molecule is Cc1cc(NC(=O)CCNC(=O)Nc2ccccc2)no1. The van der Waals surface area contributed by atoms with Crippen LogP contribution in [-0.2, 0) is 4.79 Å². The van der Waals surface area contributed by atoms with Gasteiger partial charge >= 0.3 is 6.03 Å². The largest absolute Gasteiger partial charge is 0.360 e. The number of hydrogen-bond acceptors (Lipinski definition) is 4. The number of benzene rings is 1. The number of nitrogens with zero attached hydrogens (tertiary/aromatic N) is 1. The second-order valence-corrected chi connectivity index (χ2v) is 4.37. The Labute approximate surface area is 121 Å². The molecule has 2 aromatic rings. The highest BCUT2D eigenvalue weighted by atomic mass is 16.5. The molecule has 0 atom stereocenters. The first-order chi connectivity index (χ1) is 10.1. The predicted octanol–water partition coefficient (Wildman–Crippen LogP) is 2.13. The van der Waals surface area contributed by atoms with Gasteiger partial charge in [0, 0.05) is 24.7 Å². The first-order valence-corrected chi connectivity index (χ1v) is 6.46. The Kier molecular flexibility index (Phi) is 4.92. The van der Waals surface area contributed by atoms with Crippen molar-refractivity contribution in [1.82, 2.24) is 10.5 Å². The lowest BCUT2D eigenvalue weighted by atomic mass is 10.3. The van der Waals surface area contributed by atoms with Gasteiger partial charge in [0.15, 0.2) is 5.82 Å². The number of aromatic nitrogens is 1. The van der Waals surface area contributed by atoms with E-state index in [0.717, 1.165) is 0 Å². The molecule has 0 radical (unpaired) electrons. The topological polar surface area (TPSA) is 96.3 Å². The highest BCUT2D eigenvalue weighted by Gasteiger charge is 2.07. The Morgan fingerprint density at radius 3 is 2.62 bits per heavy atom. The summed E-state index contributed by atoms with van der Waals surface area (Å²) in [6.45, 7) is 1.96. The predicted molar refractivity (Wildman–Crippen MR) is 78.0 cm³/mol. The van der Waals surface area contributed by atoms with E-state index in [1.807, 2.05) is 18.2 Å². The summed E-state index contributed by atoms with van der Waals surface area (Å²) in [6, 6.07) is 10.3. The normalized spacial score (nSPS) is 9.95. The van der Waals surface area contributed by atoms with Crippen molar-refractivity contribution in [3.05, 3.63) is 42.2 Å². The fourth-order valence-corrected chi connectivity index (χ4v) is 1.62. The molecule has 0 unspecified atom stereocenters. The molecule has 0 bridgehead atoms. The molecule has 7 nitrogen and oxygen atoms in total. The molecule has 2 rings (SSSR count). The molecule has 7 heteroatoms. The third kappa shape index (κ3) is 4.98. The average Bonchev–Trinajstić information content (AvgIpc) is 2.85. The van der Waals surface area contributed by atoms with Crippen molar-refractivity contribution in [2.24, 2.45) is 0 Å². The zero-order valence-electron chi connectivity index (χ0n) is 11.6. The molecule has 0 aliphatic heterocycles. The summed E-state index contributed by atoms with van der Waals surface area (Å²) < 4.78 is 4.83. The zero-order chi connectivity index (χ0) is 15.1. The fourth-order valence-electron chi connectivity index (χ4n) is 1.62. The average molecular weight is 288 g/mol. The Morgan fingerprint density at radius 1 is 1.19 bits per heavy atom. The van der Waals surface area contributed by atoms with Crippen LogP contribution < -0.4 is 16.0 Å². The summed E-state index contributed by atoms with van der Waals surface area (Å²) in [5.41, 5.74) is 0.692. The maximum absolute atomic E-state index is 11.6. The minimum Gasteiger partial charge on any atom is -0.360 e. The number of urea groups is 1. The number of amides is 3. The summed E-state index contributed by atoms with van der Waals surface area (Å²) in [6.07, 6.45) is 0.147. The van der Waals surface area contributed by atoms with Crippen LogP contribution in [0.2, 0.25) is 0 Å². The summed E-state index contributed by atoms with van der Waals surface area (Å²) in [4.78, 5) is 23.2. The third-order valence-corrected chi connectivity index (χ3v) is 2.56. The number of aryl methyl sites for hydroxylation is 1. The molecule has 0 fully saturated rings. The molecule has 0 aliphatic carbocycles. The summed E-state index contributed by atoms with van der Waals surface area (Å²) in [5, 5.41) is 11.5. The Bertz CT molecular complexity index is 610. The van der Waals surface area contributed by atoms with Crippen LogP contribution in [0.25, 0.3) is 0 Å². The lowest BCUT2D eigenvalue weighted by Crippen LogP contribution is -2.31. The van der Waals surface area contributed by atoms with Crippen LogP contribution in [0.1, 0.15) is 12.2 Å². The molecule has 0 aliphatic rings. The van der Waals surface area contributed by atoms with Gasteiger partial charge in [0.2, 0.25) is 5.91 Å². The first kappa shape index (κ1) is 14.6. The van der Waals surface area contributed by atoms with E-state index >= 15 is 0 Å². The van der Waals surface area contributed by atoms with Crippen molar-refractivity contribution < 1.29 is 14.1 Å². The van der Waals surface area contributed by atoms with Gasteiger partial charge in [-0.25, -0.2) is 4.79 Å². The quantitative estimate of drug-likeness (QED) is 0.785. The van der Waals surface area contributed by atoms with Gasteiger partial charge in [-0.15, -0.1) is 0 Å². The molecule has 3 N–H and O–H groups in total. The van der Waals surface area contributed by atoms with Crippen LogP contribution in [0.15, 0.2) is 40.9 Å². The molecule has 0 saturated carbocycles. The van der Waals surface area contributed by atoms with Gasteiger partial charge in [-0.05, 0) is 19.1 Å². The van der Waals surface area contributed by atoms with E-state index < -0.39 is 0 Å². The highest BCUT2D eigenvalue weighted by molar-refractivity contribution is 5.91. The van der Waals surface area contributed by atoms with Crippen molar-refractivity contribution >= 4 is 23.4 Å². The molecule has 21 heavy (non-hydrogen) atoms. The molecule has 1 aromatic carbocycles. The molecule has 0 saturated heterocycles. The number of hydrogen-bond donors (Lipinski definition) is 3. The van der Waals surface area contributed by atoms with Crippen LogP contribution in [0.5, 0.6) is 0 Å². The van der Waals surface area contributed by atoms with E-state index in [0.29, 0.717) is 17.3 Å². The summed E-state index contributed by atoms with van der Waals surface area (Å²) >= 11 is 0. The lowest BCUT2D eigenvalue weighted by Gasteiger charge is -2.07. The highest BCUT2D eigenvalue weighted by Crippen LogP contribution is 2.07. The van der Waals surface area contributed by atoms with E-state index in [2.05, 4.69) is 21.1 Å². The number of rotatable bonds is 5. The van der Waals surface area contributed by atoms with Gasteiger partial charge in [-0.2, -0.15) is 0 Å². The van der Waals surface area contributed by atoms with E-state index in [1.165, 1.54) is 0 Å². The van der Waals surface area contributed by atoms with Gasteiger partial charge in [-0.1, -0.05) is 23.4 Å². The van der Waals surface area contributed by atoms with E-state index in [4.69, 9.17) is 4.52 Å². The standard InChI is InChI=1S/C14H16N4O3/c1-10-9-12(18-21-10)17-13(19)7-8-15-14(20)16-11-5-3-2-4-6-11/h2-6,9H,7-8H2,1H3,(H2,15,16,20)(H,17,18,19). The number of nitrogens with one attached hydrogen (secondary N) is 3. The smallest absolute Gasteiger partial charge is 0.319 e. The molecular formula is C14H16N4O3. The molecule has 0 spiro atoms. The molecule has 3 amide bonds. The van der Waals surface area contributed by atoms with Crippen LogP contribution in [0.3, 0.4) is 0 Å². The lowest BCUT2D eigenvalue weighted by molar-refractivity contribution is -0.116. The van der Waals surface area contributed by atoms with Crippen molar-refractivity contribution in [3.8, 4) is 0 Å². The number of carbonyl (C=O) groups excluding carboxylic acids is 2. The fraction of sp³-hybridized carbons (Fsp3) is 0.214. The molecular weight excluding hydrogens is 272 g/mol.